The van der Waals surface area contributed by atoms with Crippen molar-refractivity contribution in [2.24, 2.45) is 5.73 Å². The molecule has 0 saturated heterocycles. The normalized spacial score (nSPS) is 14.4. The van der Waals surface area contributed by atoms with Gasteiger partial charge in [-0.15, -0.1) is 0 Å². The van der Waals surface area contributed by atoms with E-state index < -0.39 is 0 Å². The van der Waals surface area contributed by atoms with Crippen molar-refractivity contribution < 1.29 is 4.79 Å². The summed E-state index contributed by atoms with van der Waals surface area (Å²) in [6, 6.07) is 14.0. The van der Waals surface area contributed by atoms with Gasteiger partial charge in [0.25, 0.3) is 5.91 Å². The maximum absolute atomic E-state index is 13.1. The van der Waals surface area contributed by atoms with Crippen molar-refractivity contribution in [1.29, 1.82) is 0 Å². The number of rotatable bonds is 2. The fourth-order valence-electron chi connectivity index (χ4n) is 3.17. The standard InChI is InChI=1S/C19H23N3O/c1-14-12-15(13-20)8-9-16(14)19(23)22-11-5-10-21(2)17-6-3-4-7-18(17)22/h3-4,6-9,12H,5,10-11,13,20H2,1-2H3. The molecule has 0 saturated carbocycles. The number of fused-ring (bicyclic) bond motifs is 1. The molecule has 0 fully saturated rings. The predicted molar refractivity (Wildman–Crippen MR) is 95.1 cm³/mol. The lowest BCUT2D eigenvalue weighted by molar-refractivity contribution is 0.0986. The summed E-state index contributed by atoms with van der Waals surface area (Å²) in [7, 11) is 2.08. The molecule has 1 aliphatic rings. The molecule has 1 heterocycles. The van der Waals surface area contributed by atoms with E-state index in [0.717, 1.165) is 47.6 Å². The van der Waals surface area contributed by atoms with Crippen LogP contribution < -0.4 is 15.5 Å². The molecule has 0 spiro atoms. The van der Waals surface area contributed by atoms with Crippen LogP contribution >= 0.6 is 0 Å². The molecule has 1 aliphatic heterocycles. The van der Waals surface area contributed by atoms with Gasteiger partial charge in [-0.1, -0.05) is 24.3 Å². The first kappa shape index (κ1) is 15.6. The molecule has 2 aromatic carbocycles. The highest BCUT2D eigenvalue weighted by molar-refractivity contribution is 6.08. The third kappa shape index (κ3) is 2.94. The lowest BCUT2D eigenvalue weighted by atomic mass is 10.0. The minimum absolute atomic E-state index is 0.0637. The number of anilines is 2. The Morgan fingerprint density at radius 3 is 2.57 bits per heavy atom. The molecular weight excluding hydrogens is 286 g/mol. The molecular formula is C19H23N3O. The van der Waals surface area contributed by atoms with Gasteiger partial charge < -0.3 is 15.5 Å². The Bertz CT molecular complexity index is 726. The highest BCUT2D eigenvalue weighted by Crippen LogP contribution is 2.32. The SMILES string of the molecule is Cc1cc(CN)ccc1C(=O)N1CCCN(C)c2ccccc21. The average molecular weight is 309 g/mol. The Kier molecular flexibility index (Phi) is 4.35. The van der Waals surface area contributed by atoms with Crippen LogP contribution in [-0.4, -0.2) is 26.0 Å². The number of hydrogen-bond donors (Lipinski definition) is 1. The number of nitrogens with zero attached hydrogens (tertiary/aromatic N) is 2. The topological polar surface area (TPSA) is 49.6 Å². The summed E-state index contributed by atoms with van der Waals surface area (Å²) in [4.78, 5) is 17.2. The molecule has 0 aliphatic carbocycles. The number of amides is 1. The fourth-order valence-corrected chi connectivity index (χ4v) is 3.17. The zero-order valence-electron chi connectivity index (χ0n) is 13.7. The van der Waals surface area contributed by atoms with Gasteiger partial charge in [-0.2, -0.15) is 0 Å². The summed E-state index contributed by atoms with van der Waals surface area (Å²) in [5.74, 6) is 0.0637. The van der Waals surface area contributed by atoms with E-state index in [9.17, 15) is 4.79 Å². The number of carbonyl (C=O) groups excluding carboxylic acids is 1. The third-order valence-electron chi connectivity index (χ3n) is 4.46. The predicted octanol–water partition coefficient (Wildman–Crippen LogP) is 2.94. The minimum atomic E-state index is 0.0637. The van der Waals surface area contributed by atoms with E-state index >= 15 is 0 Å². The molecule has 1 amide bonds. The van der Waals surface area contributed by atoms with Gasteiger partial charge in [-0.05, 0) is 42.7 Å². The Morgan fingerprint density at radius 2 is 1.87 bits per heavy atom. The van der Waals surface area contributed by atoms with Gasteiger partial charge in [0.2, 0.25) is 0 Å². The second-order valence-electron chi connectivity index (χ2n) is 6.07. The van der Waals surface area contributed by atoms with Crippen molar-refractivity contribution in [3.8, 4) is 0 Å². The molecule has 0 radical (unpaired) electrons. The number of carbonyl (C=O) groups is 1. The van der Waals surface area contributed by atoms with E-state index in [1.54, 1.807) is 0 Å². The first-order valence-electron chi connectivity index (χ1n) is 8.03. The van der Waals surface area contributed by atoms with Crippen molar-refractivity contribution in [3.63, 3.8) is 0 Å². The summed E-state index contributed by atoms with van der Waals surface area (Å²) in [5.41, 5.74) is 10.6. The van der Waals surface area contributed by atoms with Crippen molar-refractivity contribution in [2.75, 3.05) is 29.9 Å². The van der Waals surface area contributed by atoms with E-state index in [4.69, 9.17) is 5.73 Å². The summed E-state index contributed by atoms with van der Waals surface area (Å²) in [6.07, 6.45) is 0.955. The van der Waals surface area contributed by atoms with Gasteiger partial charge >= 0.3 is 0 Å². The zero-order valence-corrected chi connectivity index (χ0v) is 13.7. The second-order valence-corrected chi connectivity index (χ2v) is 6.07. The van der Waals surface area contributed by atoms with Gasteiger partial charge in [0, 0.05) is 32.2 Å². The molecule has 2 N–H and O–H groups in total. The molecule has 0 unspecified atom stereocenters. The van der Waals surface area contributed by atoms with Crippen molar-refractivity contribution in [1.82, 2.24) is 0 Å². The Morgan fingerprint density at radius 1 is 1.13 bits per heavy atom. The average Bonchev–Trinajstić information content (AvgIpc) is 2.74. The van der Waals surface area contributed by atoms with Crippen LogP contribution in [0, 0.1) is 6.92 Å². The molecule has 0 bridgehead atoms. The Hall–Kier alpha value is -2.33. The molecule has 120 valence electrons. The molecule has 0 aromatic heterocycles. The van der Waals surface area contributed by atoms with Crippen molar-refractivity contribution in [2.45, 2.75) is 19.9 Å². The number of hydrogen-bond acceptors (Lipinski definition) is 3. The summed E-state index contributed by atoms with van der Waals surface area (Å²) < 4.78 is 0. The largest absolute Gasteiger partial charge is 0.373 e. The van der Waals surface area contributed by atoms with Gasteiger partial charge in [-0.25, -0.2) is 0 Å². The lowest BCUT2D eigenvalue weighted by Crippen LogP contribution is -2.32. The first-order chi connectivity index (χ1) is 11.1. The first-order valence-corrected chi connectivity index (χ1v) is 8.03. The van der Waals surface area contributed by atoms with Gasteiger partial charge in [0.05, 0.1) is 11.4 Å². The van der Waals surface area contributed by atoms with E-state index in [0.29, 0.717) is 6.54 Å². The van der Waals surface area contributed by atoms with Crippen LogP contribution in [-0.2, 0) is 6.54 Å². The summed E-state index contributed by atoms with van der Waals surface area (Å²) in [6.45, 7) is 4.15. The van der Waals surface area contributed by atoms with Crippen molar-refractivity contribution in [3.05, 3.63) is 59.2 Å². The van der Waals surface area contributed by atoms with Gasteiger partial charge in [0.15, 0.2) is 0 Å². The van der Waals surface area contributed by atoms with Crippen LogP contribution in [0.4, 0.5) is 11.4 Å². The molecule has 0 atom stereocenters. The summed E-state index contributed by atoms with van der Waals surface area (Å²) in [5, 5.41) is 0. The van der Waals surface area contributed by atoms with Crippen LogP contribution in [0.2, 0.25) is 0 Å². The fraction of sp³-hybridized carbons (Fsp3) is 0.316. The maximum atomic E-state index is 13.1. The lowest BCUT2D eigenvalue weighted by Gasteiger charge is -2.25. The van der Waals surface area contributed by atoms with E-state index in [1.165, 1.54) is 0 Å². The van der Waals surface area contributed by atoms with Gasteiger partial charge in [-0.3, -0.25) is 4.79 Å². The monoisotopic (exact) mass is 309 g/mol. The summed E-state index contributed by atoms with van der Waals surface area (Å²) >= 11 is 0. The van der Waals surface area contributed by atoms with E-state index in [1.807, 2.05) is 48.2 Å². The third-order valence-corrected chi connectivity index (χ3v) is 4.46. The minimum Gasteiger partial charge on any atom is -0.373 e. The maximum Gasteiger partial charge on any atom is 0.258 e. The van der Waals surface area contributed by atoms with Crippen LogP contribution in [0.15, 0.2) is 42.5 Å². The Labute approximate surface area is 137 Å². The molecule has 4 nitrogen and oxygen atoms in total. The van der Waals surface area contributed by atoms with Crippen LogP contribution in [0.1, 0.15) is 27.9 Å². The van der Waals surface area contributed by atoms with Crippen molar-refractivity contribution >= 4 is 17.3 Å². The molecule has 2 aromatic rings. The second kappa shape index (κ2) is 6.42. The molecule has 3 rings (SSSR count). The number of nitrogens with two attached hydrogens (primary N) is 1. The smallest absolute Gasteiger partial charge is 0.258 e. The highest BCUT2D eigenvalue weighted by atomic mass is 16.2. The number of aryl methyl sites for hydroxylation is 1. The van der Waals surface area contributed by atoms with Crippen LogP contribution in [0.25, 0.3) is 0 Å². The highest BCUT2D eigenvalue weighted by Gasteiger charge is 2.24. The number of benzene rings is 2. The number of para-hydroxylation sites is 2. The molecule has 4 heteroatoms. The molecule has 23 heavy (non-hydrogen) atoms. The zero-order chi connectivity index (χ0) is 16.4. The van der Waals surface area contributed by atoms with Crippen LogP contribution in [0.5, 0.6) is 0 Å². The van der Waals surface area contributed by atoms with E-state index in [-0.39, 0.29) is 5.91 Å². The quantitative estimate of drug-likeness (QED) is 0.928. The Balaban J connectivity index is 2.00. The van der Waals surface area contributed by atoms with E-state index in [2.05, 4.69) is 18.0 Å². The van der Waals surface area contributed by atoms with Crippen LogP contribution in [0.3, 0.4) is 0 Å². The van der Waals surface area contributed by atoms with Gasteiger partial charge in [0.1, 0.15) is 0 Å².